The van der Waals surface area contributed by atoms with Crippen molar-refractivity contribution in [3.8, 4) is 16.9 Å². The van der Waals surface area contributed by atoms with Crippen LogP contribution in [0.25, 0.3) is 32.7 Å². The lowest BCUT2D eigenvalue weighted by atomic mass is 9.93. The second-order valence-corrected chi connectivity index (χ2v) is 10.2. The Morgan fingerprint density at radius 2 is 1.32 bits per heavy atom. The summed E-state index contributed by atoms with van der Waals surface area (Å²) < 4.78 is 42.1. The van der Waals surface area contributed by atoms with E-state index in [0.717, 1.165) is 28.7 Å². The number of halogens is 2. The molecule has 4 aromatic rings. The first-order chi connectivity index (χ1) is 13.3. The van der Waals surface area contributed by atoms with Crippen LogP contribution in [0, 0.1) is 7.14 Å². The fourth-order valence-corrected chi connectivity index (χ4v) is 5.20. The standard InChI is InChI=1S/C21H14I2O4S/c1-27-18-8-2-12-10-14(22)4-6-16(12)20(18)21-17-7-5-15(23)11-13(17)3-9-19(21)28(24,25)26/h2-11H,1H3,(H,24,25,26). The fourth-order valence-electron chi connectivity index (χ4n) is 3.46. The lowest BCUT2D eigenvalue weighted by Gasteiger charge is -2.17. The first-order valence-corrected chi connectivity index (χ1v) is 11.9. The van der Waals surface area contributed by atoms with Crippen LogP contribution in [0.1, 0.15) is 0 Å². The monoisotopic (exact) mass is 616 g/mol. The molecule has 4 rings (SSSR count). The van der Waals surface area contributed by atoms with Crippen molar-refractivity contribution in [3.63, 3.8) is 0 Å². The first kappa shape index (κ1) is 19.9. The van der Waals surface area contributed by atoms with Gasteiger partial charge in [0.2, 0.25) is 0 Å². The maximum absolute atomic E-state index is 12.2. The van der Waals surface area contributed by atoms with Gasteiger partial charge in [0.05, 0.1) is 7.11 Å². The van der Waals surface area contributed by atoms with Crippen LogP contribution in [-0.2, 0) is 10.1 Å². The Kier molecular flexibility index (Phi) is 5.27. The molecule has 0 radical (unpaired) electrons. The van der Waals surface area contributed by atoms with Gasteiger partial charge in [0.1, 0.15) is 10.6 Å². The molecule has 0 amide bonds. The van der Waals surface area contributed by atoms with Gasteiger partial charge in [-0.1, -0.05) is 24.3 Å². The third-order valence-electron chi connectivity index (χ3n) is 4.64. The summed E-state index contributed by atoms with van der Waals surface area (Å²) in [5.41, 5.74) is 1.09. The zero-order valence-electron chi connectivity index (χ0n) is 14.6. The number of fused-ring (bicyclic) bond motifs is 2. The van der Waals surface area contributed by atoms with Crippen LogP contribution in [0.15, 0.2) is 65.6 Å². The summed E-state index contributed by atoms with van der Waals surface area (Å²) in [6.07, 6.45) is 0. The first-order valence-electron chi connectivity index (χ1n) is 8.26. The van der Waals surface area contributed by atoms with E-state index >= 15 is 0 Å². The van der Waals surface area contributed by atoms with Crippen LogP contribution in [0.2, 0.25) is 0 Å². The summed E-state index contributed by atoms with van der Waals surface area (Å²) in [7, 11) is -2.89. The van der Waals surface area contributed by atoms with E-state index in [0.29, 0.717) is 16.9 Å². The van der Waals surface area contributed by atoms with E-state index in [1.54, 1.807) is 13.2 Å². The molecule has 0 unspecified atom stereocenters. The second kappa shape index (κ2) is 7.43. The molecule has 0 atom stereocenters. The van der Waals surface area contributed by atoms with Crippen molar-refractivity contribution in [2.24, 2.45) is 0 Å². The van der Waals surface area contributed by atoms with Crippen LogP contribution in [0.5, 0.6) is 5.75 Å². The molecule has 0 aliphatic heterocycles. The highest BCUT2D eigenvalue weighted by atomic mass is 127. The minimum Gasteiger partial charge on any atom is -0.496 e. The van der Waals surface area contributed by atoms with E-state index in [4.69, 9.17) is 4.74 Å². The maximum Gasteiger partial charge on any atom is 0.295 e. The van der Waals surface area contributed by atoms with Crippen molar-refractivity contribution in [3.05, 3.63) is 67.8 Å². The molecular weight excluding hydrogens is 602 g/mol. The number of rotatable bonds is 3. The van der Waals surface area contributed by atoms with Gasteiger partial charge in [-0.3, -0.25) is 4.55 Å². The molecule has 28 heavy (non-hydrogen) atoms. The molecule has 0 bridgehead atoms. The second-order valence-electron chi connectivity index (χ2n) is 6.29. The number of hydrogen-bond acceptors (Lipinski definition) is 3. The summed E-state index contributed by atoms with van der Waals surface area (Å²) >= 11 is 4.46. The molecule has 4 nitrogen and oxygen atoms in total. The average molecular weight is 616 g/mol. The Balaban J connectivity index is 2.26. The largest absolute Gasteiger partial charge is 0.496 e. The van der Waals surface area contributed by atoms with Crippen LogP contribution in [0.4, 0.5) is 0 Å². The topological polar surface area (TPSA) is 63.6 Å². The molecule has 1 N–H and O–H groups in total. The zero-order chi connectivity index (χ0) is 20.1. The third-order valence-corrected chi connectivity index (χ3v) is 6.87. The van der Waals surface area contributed by atoms with Gasteiger partial charge in [0, 0.05) is 18.3 Å². The molecule has 7 heteroatoms. The average Bonchev–Trinajstić information content (AvgIpc) is 2.65. The summed E-state index contributed by atoms with van der Waals surface area (Å²) in [5, 5.41) is 3.45. The number of hydrogen-bond donors (Lipinski definition) is 1. The highest BCUT2D eigenvalue weighted by Crippen LogP contribution is 2.44. The van der Waals surface area contributed by atoms with E-state index in [1.807, 2.05) is 48.5 Å². The minimum absolute atomic E-state index is 0.134. The summed E-state index contributed by atoms with van der Waals surface area (Å²) in [6, 6.07) is 18.7. The lowest BCUT2D eigenvalue weighted by molar-refractivity contribution is 0.417. The Bertz CT molecular complexity index is 1350. The van der Waals surface area contributed by atoms with E-state index < -0.39 is 10.1 Å². The van der Waals surface area contributed by atoms with Gasteiger partial charge in [-0.2, -0.15) is 8.42 Å². The SMILES string of the molecule is COc1ccc2cc(I)ccc2c1-c1c(S(=O)(=O)O)ccc2cc(I)ccc12. The summed E-state index contributed by atoms with van der Waals surface area (Å²) in [4.78, 5) is -0.134. The minimum atomic E-state index is -4.44. The molecule has 0 saturated carbocycles. The van der Waals surface area contributed by atoms with Crippen molar-refractivity contribution < 1.29 is 17.7 Å². The number of benzene rings is 4. The normalized spacial score (nSPS) is 11.9. The predicted molar refractivity (Wildman–Crippen MR) is 129 cm³/mol. The van der Waals surface area contributed by atoms with Crippen molar-refractivity contribution in [1.29, 1.82) is 0 Å². The van der Waals surface area contributed by atoms with E-state index in [2.05, 4.69) is 45.2 Å². The van der Waals surface area contributed by atoms with Crippen molar-refractivity contribution in [2.45, 2.75) is 4.90 Å². The van der Waals surface area contributed by atoms with E-state index in [-0.39, 0.29) is 4.90 Å². The van der Waals surface area contributed by atoms with Crippen molar-refractivity contribution in [1.82, 2.24) is 0 Å². The molecule has 0 aliphatic carbocycles. The molecule has 0 aliphatic rings. The van der Waals surface area contributed by atoms with Gasteiger partial charge in [-0.15, -0.1) is 0 Å². The lowest BCUT2D eigenvalue weighted by Crippen LogP contribution is -2.03. The van der Waals surface area contributed by atoms with Crippen LogP contribution in [-0.4, -0.2) is 20.1 Å². The van der Waals surface area contributed by atoms with Crippen LogP contribution >= 0.6 is 45.2 Å². The summed E-state index contributed by atoms with van der Waals surface area (Å²) in [6.45, 7) is 0. The quantitative estimate of drug-likeness (QED) is 0.223. The number of ether oxygens (including phenoxy) is 1. The smallest absolute Gasteiger partial charge is 0.295 e. The number of methoxy groups -OCH3 is 1. The van der Waals surface area contributed by atoms with Crippen molar-refractivity contribution >= 4 is 76.8 Å². The summed E-state index contributed by atoms with van der Waals surface area (Å²) in [5.74, 6) is 0.546. The highest BCUT2D eigenvalue weighted by molar-refractivity contribution is 14.1. The predicted octanol–water partition coefficient (Wildman–Crippen LogP) is 6.12. The van der Waals surface area contributed by atoms with E-state index in [9.17, 15) is 13.0 Å². The van der Waals surface area contributed by atoms with Crippen molar-refractivity contribution in [2.75, 3.05) is 7.11 Å². The Labute approximate surface area is 189 Å². The molecule has 0 aromatic heterocycles. The van der Waals surface area contributed by atoms with Gasteiger partial charge in [0.15, 0.2) is 0 Å². The van der Waals surface area contributed by atoms with Gasteiger partial charge in [0.25, 0.3) is 10.1 Å². The molecule has 0 heterocycles. The van der Waals surface area contributed by atoms with Crippen LogP contribution < -0.4 is 4.74 Å². The molecule has 0 spiro atoms. The third kappa shape index (κ3) is 3.49. The van der Waals surface area contributed by atoms with Gasteiger partial charge < -0.3 is 4.74 Å². The Morgan fingerprint density at radius 3 is 1.86 bits per heavy atom. The zero-order valence-corrected chi connectivity index (χ0v) is 19.7. The Morgan fingerprint density at radius 1 is 0.786 bits per heavy atom. The van der Waals surface area contributed by atoms with Gasteiger partial charge in [-0.05, 0) is 103 Å². The van der Waals surface area contributed by atoms with Gasteiger partial charge in [-0.25, -0.2) is 0 Å². The highest BCUT2D eigenvalue weighted by Gasteiger charge is 2.23. The van der Waals surface area contributed by atoms with Crippen LogP contribution in [0.3, 0.4) is 0 Å². The molecule has 0 saturated heterocycles. The molecule has 142 valence electrons. The fraction of sp³-hybridized carbons (Fsp3) is 0.0476. The maximum atomic E-state index is 12.2. The van der Waals surface area contributed by atoms with E-state index in [1.165, 1.54) is 6.07 Å². The molecule has 4 aromatic carbocycles. The van der Waals surface area contributed by atoms with Gasteiger partial charge >= 0.3 is 0 Å². The Hall–Kier alpha value is -1.43. The molecular formula is C21H14I2O4S. The molecule has 0 fully saturated rings.